The highest BCUT2D eigenvalue weighted by Gasteiger charge is 2.29. The average molecular weight is 349 g/mol. The summed E-state index contributed by atoms with van der Waals surface area (Å²) in [6.45, 7) is 2.76. The molecule has 1 aromatic carbocycles. The van der Waals surface area contributed by atoms with Crippen molar-refractivity contribution in [1.82, 2.24) is 10.2 Å². The van der Waals surface area contributed by atoms with E-state index >= 15 is 0 Å². The van der Waals surface area contributed by atoms with Crippen molar-refractivity contribution in [3.8, 4) is 0 Å². The zero-order chi connectivity index (χ0) is 14.7. The minimum absolute atomic E-state index is 0.707. The van der Waals surface area contributed by atoms with Crippen LogP contribution >= 0.6 is 15.9 Å². The Kier molecular flexibility index (Phi) is 4.78. The molecule has 3 rings (SSSR count). The lowest BCUT2D eigenvalue weighted by molar-refractivity contribution is 0.225. The second-order valence-electron chi connectivity index (χ2n) is 5.67. The van der Waals surface area contributed by atoms with Gasteiger partial charge in [0, 0.05) is 23.6 Å². The Hall–Kier alpha value is -1.10. The van der Waals surface area contributed by atoms with Crippen LogP contribution in [0.15, 0.2) is 45.5 Å². The molecule has 0 spiro atoms. The topological polar surface area (TPSA) is 28.4 Å². The lowest BCUT2D eigenvalue weighted by Gasteiger charge is -2.21. The van der Waals surface area contributed by atoms with Gasteiger partial charge in [-0.2, -0.15) is 0 Å². The van der Waals surface area contributed by atoms with Gasteiger partial charge < -0.3 is 9.73 Å². The third-order valence-corrected chi connectivity index (χ3v) is 4.61. The van der Waals surface area contributed by atoms with Crippen LogP contribution in [0.3, 0.4) is 0 Å². The van der Waals surface area contributed by atoms with Gasteiger partial charge in [0.25, 0.3) is 0 Å². The Labute approximate surface area is 134 Å². The van der Waals surface area contributed by atoms with E-state index in [-0.39, 0.29) is 0 Å². The average Bonchev–Trinajstić information content (AvgIpc) is 3.19. The zero-order valence-electron chi connectivity index (χ0n) is 12.3. The molecule has 0 aliphatic heterocycles. The molecule has 1 aliphatic rings. The van der Waals surface area contributed by atoms with Crippen molar-refractivity contribution in [2.24, 2.45) is 0 Å². The highest BCUT2D eigenvalue weighted by molar-refractivity contribution is 9.10. The van der Waals surface area contributed by atoms with Crippen LogP contribution in [-0.4, -0.2) is 18.0 Å². The molecule has 112 valence electrons. The van der Waals surface area contributed by atoms with Gasteiger partial charge >= 0.3 is 0 Å². The molecule has 2 aromatic rings. The summed E-state index contributed by atoms with van der Waals surface area (Å²) >= 11 is 3.72. The van der Waals surface area contributed by atoms with Gasteiger partial charge in [-0.05, 0) is 49.2 Å². The van der Waals surface area contributed by atoms with E-state index in [1.165, 1.54) is 28.4 Å². The molecule has 21 heavy (non-hydrogen) atoms. The molecule has 0 saturated heterocycles. The molecule has 1 heterocycles. The highest BCUT2D eigenvalue weighted by Crippen LogP contribution is 2.31. The van der Waals surface area contributed by atoms with Gasteiger partial charge in [0.15, 0.2) is 0 Å². The maximum absolute atomic E-state index is 5.50. The zero-order valence-corrected chi connectivity index (χ0v) is 13.9. The molecular formula is C17H21BrN2O. The monoisotopic (exact) mass is 348 g/mol. The fourth-order valence-electron chi connectivity index (χ4n) is 2.61. The summed E-state index contributed by atoms with van der Waals surface area (Å²) in [5.41, 5.74) is 2.64. The van der Waals surface area contributed by atoms with Crippen LogP contribution in [0.1, 0.15) is 29.7 Å². The van der Waals surface area contributed by atoms with E-state index in [2.05, 4.69) is 50.4 Å². The van der Waals surface area contributed by atoms with Gasteiger partial charge in [-0.3, -0.25) is 4.90 Å². The number of furan rings is 1. The molecule has 4 heteroatoms. The maximum Gasteiger partial charge on any atom is 0.117 e. The van der Waals surface area contributed by atoms with Crippen LogP contribution in [0.4, 0.5) is 0 Å². The normalized spacial score (nSPS) is 14.8. The van der Waals surface area contributed by atoms with E-state index < -0.39 is 0 Å². The third kappa shape index (κ3) is 3.96. The highest BCUT2D eigenvalue weighted by atomic mass is 79.9. The van der Waals surface area contributed by atoms with E-state index in [1.807, 2.05) is 13.1 Å². The van der Waals surface area contributed by atoms with Gasteiger partial charge in [-0.15, -0.1) is 0 Å². The van der Waals surface area contributed by atoms with E-state index in [0.29, 0.717) is 6.04 Å². The minimum atomic E-state index is 0.707. The van der Waals surface area contributed by atoms with Gasteiger partial charge in [0.2, 0.25) is 0 Å². The quantitative estimate of drug-likeness (QED) is 0.821. The Morgan fingerprint density at radius 1 is 1.29 bits per heavy atom. The molecule has 0 bridgehead atoms. The van der Waals surface area contributed by atoms with Crippen LogP contribution in [0.2, 0.25) is 0 Å². The number of hydrogen-bond donors (Lipinski definition) is 1. The summed E-state index contributed by atoms with van der Waals surface area (Å²) in [5.74, 6) is 1.05. The summed E-state index contributed by atoms with van der Waals surface area (Å²) in [6.07, 6.45) is 4.36. The van der Waals surface area contributed by atoms with Crippen molar-refractivity contribution in [1.29, 1.82) is 0 Å². The first-order valence-corrected chi connectivity index (χ1v) is 8.24. The van der Waals surface area contributed by atoms with Gasteiger partial charge in [-0.25, -0.2) is 0 Å². The van der Waals surface area contributed by atoms with Crippen molar-refractivity contribution in [3.63, 3.8) is 0 Å². The maximum atomic E-state index is 5.50. The van der Waals surface area contributed by atoms with E-state index in [4.69, 9.17) is 4.42 Å². The van der Waals surface area contributed by atoms with E-state index in [1.54, 1.807) is 6.26 Å². The SMILES string of the molecule is CNCc1ccc(CN(Cc2ccco2)C2CC2)c(Br)c1. The molecule has 1 fully saturated rings. The number of benzene rings is 1. The second-order valence-corrected chi connectivity index (χ2v) is 6.53. The molecule has 3 nitrogen and oxygen atoms in total. The van der Waals surface area contributed by atoms with Gasteiger partial charge in [-0.1, -0.05) is 28.1 Å². The number of halogens is 1. The number of hydrogen-bond acceptors (Lipinski definition) is 3. The summed E-state index contributed by atoms with van der Waals surface area (Å²) in [6, 6.07) is 11.4. The standard InChI is InChI=1S/C17H21BrN2O/c1-19-10-13-4-5-14(17(18)9-13)11-20(15-6-7-15)12-16-3-2-8-21-16/h2-5,8-9,15,19H,6-7,10-12H2,1H3. The van der Waals surface area contributed by atoms with Crippen LogP contribution in [-0.2, 0) is 19.6 Å². The molecule has 0 atom stereocenters. The minimum Gasteiger partial charge on any atom is -0.468 e. The molecule has 1 saturated carbocycles. The smallest absolute Gasteiger partial charge is 0.117 e. The van der Waals surface area contributed by atoms with Crippen LogP contribution in [0, 0.1) is 0 Å². The first-order chi connectivity index (χ1) is 10.3. The van der Waals surface area contributed by atoms with Gasteiger partial charge in [0.1, 0.15) is 5.76 Å². The lowest BCUT2D eigenvalue weighted by atomic mass is 10.1. The predicted octanol–water partition coefficient (Wildman–Crippen LogP) is 3.93. The summed E-state index contributed by atoms with van der Waals surface area (Å²) < 4.78 is 6.69. The summed E-state index contributed by atoms with van der Waals surface area (Å²) in [7, 11) is 1.97. The summed E-state index contributed by atoms with van der Waals surface area (Å²) in [5, 5.41) is 3.19. The lowest BCUT2D eigenvalue weighted by Crippen LogP contribution is -2.25. The molecule has 1 aromatic heterocycles. The molecule has 1 N–H and O–H groups in total. The first kappa shape index (κ1) is 14.8. The van der Waals surface area contributed by atoms with Crippen LogP contribution < -0.4 is 5.32 Å². The van der Waals surface area contributed by atoms with Crippen LogP contribution in [0.5, 0.6) is 0 Å². The van der Waals surface area contributed by atoms with Crippen molar-refractivity contribution < 1.29 is 4.42 Å². The van der Waals surface area contributed by atoms with Gasteiger partial charge in [0.05, 0.1) is 12.8 Å². The molecular weight excluding hydrogens is 328 g/mol. The van der Waals surface area contributed by atoms with Crippen molar-refractivity contribution in [2.75, 3.05) is 7.05 Å². The Balaban J connectivity index is 1.70. The molecule has 0 amide bonds. The number of nitrogens with one attached hydrogen (secondary N) is 1. The summed E-state index contributed by atoms with van der Waals surface area (Å²) in [4.78, 5) is 2.51. The van der Waals surface area contributed by atoms with Crippen molar-refractivity contribution in [3.05, 3.63) is 58.0 Å². The predicted molar refractivity (Wildman–Crippen MR) is 87.9 cm³/mol. The molecule has 0 unspecified atom stereocenters. The molecule has 0 radical (unpaired) electrons. The number of rotatable bonds is 7. The Morgan fingerprint density at radius 3 is 2.76 bits per heavy atom. The Morgan fingerprint density at radius 2 is 2.14 bits per heavy atom. The fraction of sp³-hybridized carbons (Fsp3) is 0.412. The largest absolute Gasteiger partial charge is 0.468 e. The Bertz CT molecular complexity index is 578. The van der Waals surface area contributed by atoms with E-state index in [9.17, 15) is 0 Å². The molecule has 1 aliphatic carbocycles. The van der Waals surface area contributed by atoms with E-state index in [0.717, 1.165) is 25.4 Å². The second kappa shape index (κ2) is 6.77. The third-order valence-electron chi connectivity index (χ3n) is 3.87. The van der Waals surface area contributed by atoms with Crippen LogP contribution in [0.25, 0.3) is 0 Å². The van der Waals surface area contributed by atoms with Crippen molar-refractivity contribution >= 4 is 15.9 Å². The fourth-order valence-corrected chi connectivity index (χ4v) is 3.16. The number of nitrogens with zero attached hydrogens (tertiary/aromatic N) is 1. The first-order valence-electron chi connectivity index (χ1n) is 7.44. The van der Waals surface area contributed by atoms with Crippen molar-refractivity contribution in [2.45, 2.75) is 38.5 Å².